The van der Waals surface area contributed by atoms with Crippen LogP contribution in [-0.2, 0) is 20.7 Å². The topological polar surface area (TPSA) is 111 Å². The predicted molar refractivity (Wildman–Crippen MR) is 40.3 cm³/mol. The van der Waals surface area contributed by atoms with Gasteiger partial charge in [-0.3, -0.25) is 13.8 Å². The number of rotatable bonds is 1. The summed E-state index contributed by atoms with van der Waals surface area (Å²) in [6, 6.07) is 0. The fourth-order valence-corrected chi connectivity index (χ4v) is 1.30. The summed E-state index contributed by atoms with van der Waals surface area (Å²) in [5.41, 5.74) is 7.89. The van der Waals surface area contributed by atoms with E-state index in [9.17, 15) is 18.4 Å². The van der Waals surface area contributed by atoms with Gasteiger partial charge in [-0.1, -0.05) is 0 Å². The fourth-order valence-electron chi connectivity index (χ4n) is 0.835. The molecule has 0 aromatic heterocycles. The van der Waals surface area contributed by atoms with Crippen LogP contribution in [0.15, 0.2) is 11.0 Å². The second kappa shape index (κ2) is 3.53. The minimum Gasteiger partial charge on any atom is -0.768 e. The first-order valence-corrected chi connectivity index (χ1v) is 4.23. The van der Waals surface area contributed by atoms with Gasteiger partial charge >= 0.3 is 5.71 Å². The van der Waals surface area contributed by atoms with Crippen molar-refractivity contribution >= 4 is 28.4 Å². The molecule has 0 saturated heterocycles. The van der Waals surface area contributed by atoms with Gasteiger partial charge in [-0.25, -0.2) is 0 Å². The zero-order chi connectivity index (χ0) is 10.0. The van der Waals surface area contributed by atoms with Crippen molar-refractivity contribution in [1.82, 2.24) is 0 Å². The van der Waals surface area contributed by atoms with Gasteiger partial charge in [-0.15, -0.1) is 0 Å². The monoisotopic (exact) mass is 199 g/mol. The normalized spacial score (nSPS) is 19.5. The molecule has 0 radical (unpaired) electrons. The number of allylic oxidation sites excluding steroid dienone is 2. The zero-order valence-electron chi connectivity index (χ0n) is 6.22. The minimum absolute atomic E-state index is 0.348. The van der Waals surface area contributed by atoms with Crippen molar-refractivity contribution in [2.24, 2.45) is 0 Å². The van der Waals surface area contributed by atoms with Crippen molar-refractivity contribution in [3.63, 3.8) is 0 Å². The van der Waals surface area contributed by atoms with Gasteiger partial charge in [-0.05, 0) is 11.1 Å². The third kappa shape index (κ3) is 1.83. The van der Waals surface area contributed by atoms with Crippen LogP contribution in [0.5, 0.6) is 0 Å². The summed E-state index contributed by atoms with van der Waals surface area (Å²) in [6.07, 6.45) is 0.166. The van der Waals surface area contributed by atoms with Crippen LogP contribution in [0, 0.1) is 0 Å². The highest BCUT2D eigenvalue weighted by molar-refractivity contribution is 7.84. The van der Waals surface area contributed by atoms with Crippen molar-refractivity contribution < 1.29 is 23.1 Å². The number of hydrogen-bond acceptors (Lipinski definition) is 4. The van der Waals surface area contributed by atoms with Gasteiger partial charge in [0.05, 0.1) is 4.91 Å². The number of carbonyl (C=O) groups is 2. The molecule has 0 saturated carbocycles. The molecule has 68 valence electrons. The summed E-state index contributed by atoms with van der Waals surface area (Å²) >= 11 is -2.72. The van der Waals surface area contributed by atoms with Gasteiger partial charge in [0.2, 0.25) is 0 Å². The Kier molecular flexibility index (Phi) is 2.62. The van der Waals surface area contributed by atoms with E-state index in [0.717, 1.165) is 0 Å². The SMILES string of the molecule is [N-]=[N+]=C1CC(=O)C(S(=O)[O-])=CC1=O. The Morgan fingerprint density at radius 1 is 1.54 bits per heavy atom. The molecule has 0 aliphatic heterocycles. The molecular weight excluding hydrogens is 196 g/mol. The summed E-state index contributed by atoms with van der Waals surface area (Å²) in [6.45, 7) is 0. The molecule has 6 nitrogen and oxygen atoms in total. The fraction of sp³-hybridized carbons (Fsp3) is 0.167. The molecule has 13 heavy (non-hydrogen) atoms. The molecule has 1 aliphatic carbocycles. The minimum atomic E-state index is -2.72. The zero-order valence-corrected chi connectivity index (χ0v) is 7.04. The highest BCUT2D eigenvalue weighted by atomic mass is 32.2. The van der Waals surface area contributed by atoms with Gasteiger partial charge in [0.1, 0.15) is 6.42 Å². The maximum absolute atomic E-state index is 10.9. The lowest BCUT2D eigenvalue weighted by molar-refractivity contribution is -0.119. The molecule has 0 fully saturated rings. The van der Waals surface area contributed by atoms with Crippen molar-refractivity contribution in [3.05, 3.63) is 16.5 Å². The first-order valence-electron chi connectivity index (χ1n) is 3.15. The van der Waals surface area contributed by atoms with E-state index >= 15 is 0 Å². The molecule has 0 aromatic rings. The van der Waals surface area contributed by atoms with Gasteiger partial charge < -0.3 is 10.1 Å². The van der Waals surface area contributed by atoms with E-state index < -0.39 is 34.0 Å². The van der Waals surface area contributed by atoms with Crippen molar-refractivity contribution in [1.29, 1.82) is 0 Å². The molecule has 7 heteroatoms. The number of Topliss-reactive ketones (excluding diaryl/α,β-unsaturated/α-hetero) is 1. The number of nitrogens with zero attached hydrogens (tertiary/aromatic N) is 2. The quantitative estimate of drug-likeness (QED) is 0.305. The van der Waals surface area contributed by atoms with Crippen LogP contribution in [0.3, 0.4) is 0 Å². The average Bonchev–Trinajstić information content (AvgIpc) is 2.07. The third-order valence-corrected chi connectivity index (χ3v) is 2.15. The Bertz CT molecular complexity index is 391. The molecule has 0 N–H and O–H groups in total. The molecule has 1 aliphatic rings. The summed E-state index contributed by atoms with van der Waals surface area (Å²) in [5, 5.41) is 0. The largest absolute Gasteiger partial charge is 0.768 e. The first kappa shape index (κ1) is 9.66. The standard InChI is InChI=1S/C6H4N2O4S/c7-8-3-1-5(10)6(13(11)12)2-4(3)9/h2H,1H2,(H,11,12)/p-1. The first-order chi connectivity index (χ1) is 6.06. The Morgan fingerprint density at radius 3 is 2.62 bits per heavy atom. The lowest BCUT2D eigenvalue weighted by Gasteiger charge is -2.10. The van der Waals surface area contributed by atoms with E-state index in [1.807, 2.05) is 0 Å². The highest BCUT2D eigenvalue weighted by Gasteiger charge is 2.30. The van der Waals surface area contributed by atoms with E-state index in [1.165, 1.54) is 0 Å². The molecule has 1 unspecified atom stereocenters. The highest BCUT2D eigenvalue weighted by Crippen LogP contribution is 2.11. The van der Waals surface area contributed by atoms with Crippen LogP contribution in [-0.4, -0.2) is 30.8 Å². The van der Waals surface area contributed by atoms with Gasteiger partial charge in [0.25, 0.3) is 5.78 Å². The summed E-state index contributed by atoms with van der Waals surface area (Å²) in [5.74, 6) is -1.51. The lowest BCUT2D eigenvalue weighted by atomic mass is 10.0. The number of hydrogen-bond donors (Lipinski definition) is 0. The van der Waals surface area contributed by atoms with E-state index in [2.05, 4.69) is 4.79 Å². The molecule has 1 rings (SSSR count). The third-order valence-electron chi connectivity index (χ3n) is 1.45. The smallest absolute Gasteiger partial charge is 0.346 e. The summed E-state index contributed by atoms with van der Waals surface area (Å²) < 4.78 is 20.7. The van der Waals surface area contributed by atoms with Crippen LogP contribution >= 0.6 is 0 Å². The molecule has 1 atom stereocenters. The maximum atomic E-state index is 10.9. The molecule has 0 aromatic carbocycles. The van der Waals surface area contributed by atoms with Crippen molar-refractivity contribution in [2.45, 2.75) is 6.42 Å². The lowest BCUT2D eigenvalue weighted by Crippen LogP contribution is -2.26. The Morgan fingerprint density at radius 2 is 2.15 bits per heavy atom. The second-order valence-corrected chi connectivity index (χ2v) is 3.16. The Balaban J connectivity index is 3.18. The van der Waals surface area contributed by atoms with Crippen LogP contribution in [0.4, 0.5) is 0 Å². The van der Waals surface area contributed by atoms with E-state index in [-0.39, 0.29) is 5.71 Å². The van der Waals surface area contributed by atoms with Crippen molar-refractivity contribution in [3.8, 4) is 0 Å². The van der Waals surface area contributed by atoms with Crippen molar-refractivity contribution in [2.75, 3.05) is 0 Å². The van der Waals surface area contributed by atoms with Crippen LogP contribution < -0.4 is 0 Å². The summed E-state index contributed by atoms with van der Waals surface area (Å²) in [4.78, 5) is 23.8. The maximum Gasteiger partial charge on any atom is 0.346 e. The molecule has 0 amide bonds. The van der Waals surface area contributed by atoms with Crippen LogP contribution in [0.2, 0.25) is 0 Å². The molecule has 0 heterocycles. The Hall–Kier alpha value is -1.43. The van der Waals surface area contributed by atoms with Crippen LogP contribution in [0.1, 0.15) is 6.42 Å². The second-order valence-electron chi connectivity index (χ2n) is 2.25. The van der Waals surface area contributed by atoms with Crippen LogP contribution in [0.25, 0.3) is 5.53 Å². The number of carbonyl (C=O) groups excluding carboxylic acids is 2. The van der Waals surface area contributed by atoms with E-state index in [1.54, 1.807) is 0 Å². The van der Waals surface area contributed by atoms with E-state index in [4.69, 9.17) is 5.53 Å². The van der Waals surface area contributed by atoms with Gasteiger partial charge in [-0.2, -0.15) is 4.79 Å². The molecular formula is C6H3N2O4S-. The average molecular weight is 199 g/mol. The van der Waals surface area contributed by atoms with E-state index in [0.29, 0.717) is 6.08 Å². The summed E-state index contributed by atoms with van der Waals surface area (Å²) in [7, 11) is 0. The Labute approximate surface area is 75.2 Å². The molecule has 0 spiro atoms. The predicted octanol–water partition coefficient (Wildman–Crippen LogP) is -1.04. The number of ketones is 2. The van der Waals surface area contributed by atoms with Gasteiger partial charge in [0.15, 0.2) is 5.78 Å². The van der Waals surface area contributed by atoms with Gasteiger partial charge in [0, 0.05) is 6.08 Å². The molecule has 0 bridgehead atoms.